The van der Waals surface area contributed by atoms with Crippen molar-refractivity contribution >= 4 is 11.9 Å². The smallest absolute Gasteiger partial charge is 0.313 e. The van der Waals surface area contributed by atoms with Crippen LogP contribution in [-0.2, 0) is 23.8 Å². The SMILES string of the molecule is COC(=O)[C@@]12[C@H]3[C@@H]4[C@@H]5CC[C@H]3[C@@]36O[C@]53[C@H](C[C@@H]61)[C@@]42C(=O)OC. The molecule has 8 fully saturated rings. The van der Waals surface area contributed by atoms with Gasteiger partial charge in [0, 0.05) is 11.8 Å². The van der Waals surface area contributed by atoms with Gasteiger partial charge < -0.3 is 14.2 Å². The summed E-state index contributed by atoms with van der Waals surface area (Å²) in [4.78, 5) is 25.9. The molecule has 1 aliphatic heterocycles. The molecule has 1 heterocycles. The van der Waals surface area contributed by atoms with Crippen LogP contribution in [0, 0.1) is 46.3 Å². The highest BCUT2D eigenvalue weighted by Gasteiger charge is 3.14. The third-order valence-electron chi connectivity index (χ3n) is 9.44. The first-order chi connectivity index (χ1) is 10.6. The second-order valence-corrected chi connectivity index (χ2v) is 8.59. The zero-order valence-electron chi connectivity index (χ0n) is 12.6. The van der Waals surface area contributed by atoms with Crippen LogP contribution in [0.2, 0.25) is 0 Å². The highest BCUT2D eigenvalue weighted by atomic mass is 16.6. The summed E-state index contributed by atoms with van der Waals surface area (Å²) >= 11 is 0. The molecule has 10 atom stereocenters. The van der Waals surface area contributed by atoms with Crippen molar-refractivity contribution in [3.63, 3.8) is 0 Å². The number of rotatable bonds is 2. The van der Waals surface area contributed by atoms with Gasteiger partial charge in [0.05, 0.1) is 25.0 Å². The van der Waals surface area contributed by atoms with Gasteiger partial charge in [-0.05, 0) is 42.9 Å². The van der Waals surface area contributed by atoms with E-state index in [2.05, 4.69) is 0 Å². The minimum Gasteiger partial charge on any atom is -0.469 e. The quantitative estimate of drug-likeness (QED) is 0.556. The number of ether oxygens (including phenoxy) is 3. The summed E-state index contributed by atoms with van der Waals surface area (Å²) in [7, 11) is 2.93. The van der Waals surface area contributed by atoms with Crippen LogP contribution in [-0.4, -0.2) is 37.4 Å². The van der Waals surface area contributed by atoms with Crippen molar-refractivity contribution in [2.24, 2.45) is 46.3 Å². The van der Waals surface area contributed by atoms with Crippen molar-refractivity contribution in [3.05, 3.63) is 0 Å². The Morgan fingerprint density at radius 2 is 1.36 bits per heavy atom. The molecule has 7 saturated carbocycles. The molecule has 0 unspecified atom stereocenters. The van der Waals surface area contributed by atoms with E-state index in [1.807, 2.05) is 0 Å². The lowest BCUT2D eigenvalue weighted by atomic mass is 9.36. The highest BCUT2D eigenvalue weighted by molar-refractivity contribution is 5.97. The summed E-state index contributed by atoms with van der Waals surface area (Å²) in [5.74, 6) is 1.58. The fraction of sp³-hybridized carbons (Fsp3) is 0.882. The maximum atomic E-state index is 13.0. The first-order valence-corrected chi connectivity index (χ1v) is 8.48. The largest absolute Gasteiger partial charge is 0.469 e. The Morgan fingerprint density at radius 1 is 0.909 bits per heavy atom. The van der Waals surface area contributed by atoms with Crippen LogP contribution in [0.3, 0.4) is 0 Å². The van der Waals surface area contributed by atoms with Crippen molar-refractivity contribution in [1.29, 1.82) is 0 Å². The molecular weight excluding hydrogens is 284 g/mol. The van der Waals surface area contributed by atoms with Gasteiger partial charge in [0.1, 0.15) is 11.2 Å². The van der Waals surface area contributed by atoms with Crippen molar-refractivity contribution in [3.8, 4) is 0 Å². The maximum Gasteiger partial charge on any atom is 0.313 e. The van der Waals surface area contributed by atoms with E-state index in [0.29, 0.717) is 23.7 Å². The number of esters is 2. The summed E-state index contributed by atoms with van der Waals surface area (Å²) in [5.41, 5.74) is -1.43. The molecule has 7 aliphatic carbocycles. The second kappa shape index (κ2) is 2.54. The van der Waals surface area contributed by atoms with Crippen LogP contribution in [0.1, 0.15) is 19.3 Å². The monoisotopic (exact) mass is 302 g/mol. The van der Waals surface area contributed by atoms with Crippen LogP contribution in [0.15, 0.2) is 0 Å². The molecule has 2 spiro atoms. The van der Waals surface area contributed by atoms with E-state index in [-0.39, 0.29) is 35.0 Å². The van der Waals surface area contributed by atoms with Gasteiger partial charge in [0.2, 0.25) is 0 Å². The number of fused-ring (bicyclic) bond motifs is 1. The van der Waals surface area contributed by atoms with Crippen molar-refractivity contribution < 1.29 is 23.8 Å². The fourth-order valence-corrected chi connectivity index (χ4v) is 9.93. The van der Waals surface area contributed by atoms with Gasteiger partial charge in [-0.3, -0.25) is 9.59 Å². The molecule has 0 amide bonds. The normalized spacial score (nSPS) is 71.5. The molecule has 0 N–H and O–H groups in total. The van der Waals surface area contributed by atoms with Gasteiger partial charge in [-0.15, -0.1) is 0 Å². The molecule has 8 rings (SSSR count). The molecule has 5 heteroatoms. The number of epoxide rings is 1. The lowest BCUT2D eigenvalue weighted by molar-refractivity contribution is -0.240. The van der Waals surface area contributed by atoms with Crippen molar-refractivity contribution in [1.82, 2.24) is 0 Å². The van der Waals surface area contributed by atoms with E-state index in [4.69, 9.17) is 14.2 Å². The molecule has 0 aromatic carbocycles. The number of carbonyl (C=O) groups excluding carboxylic acids is 2. The maximum absolute atomic E-state index is 13.0. The van der Waals surface area contributed by atoms with Gasteiger partial charge in [-0.2, -0.15) is 0 Å². The molecule has 0 aromatic rings. The first-order valence-electron chi connectivity index (χ1n) is 8.48. The molecule has 116 valence electrons. The zero-order chi connectivity index (χ0) is 14.9. The summed E-state index contributed by atoms with van der Waals surface area (Å²) in [6, 6.07) is 0. The lowest BCUT2D eigenvalue weighted by Crippen LogP contribution is -2.72. The Bertz CT molecular complexity index is 660. The number of hydrogen-bond donors (Lipinski definition) is 0. The summed E-state index contributed by atoms with van der Waals surface area (Å²) in [6.45, 7) is 0. The third kappa shape index (κ3) is 0.540. The fourth-order valence-electron chi connectivity index (χ4n) is 9.93. The molecular formula is C17H18O5. The minimum absolute atomic E-state index is 0.0794. The Morgan fingerprint density at radius 3 is 1.77 bits per heavy atom. The van der Waals surface area contributed by atoms with Crippen LogP contribution in [0.25, 0.3) is 0 Å². The van der Waals surface area contributed by atoms with Gasteiger partial charge in [0.25, 0.3) is 0 Å². The zero-order valence-corrected chi connectivity index (χ0v) is 12.6. The average molecular weight is 302 g/mol. The van der Waals surface area contributed by atoms with Gasteiger partial charge in [0.15, 0.2) is 0 Å². The summed E-state index contributed by atoms with van der Waals surface area (Å²) < 4.78 is 17.1. The molecule has 0 aromatic heterocycles. The van der Waals surface area contributed by atoms with Crippen molar-refractivity contribution in [2.75, 3.05) is 14.2 Å². The Balaban J connectivity index is 1.61. The second-order valence-electron chi connectivity index (χ2n) is 8.59. The Labute approximate surface area is 127 Å². The predicted octanol–water partition coefficient (Wildman–Crippen LogP) is 0.762. The first kappa shape index (κ1) is 11.4. The van der Waals surface area contributed by atoms with Gasteiger partial charge in [-0.25, -0.2) is 0 Å². The number of carbonyl (C=O) groups is 2. The average Bonchev–Trinajstić information content (AvgIpc) is 2.96. The molecule has 22 heavy (non-hydrogen) atoms. The van der Waals surface area contributed by atoms with E-state index >= 15 is 0 Å². The number of hydrogen-bond acceptors (Lipinski definition) is 5. The van der Waals surface area contributed by atoms with Gasteiger partial charge >= 0.3 is 11.9 Å². The third-order valence-corrected chi connectivity index (χ3v) is 9.44. The summed E-state index contributed by atoms with van der Waals surface area (Å²) in [6.07, 6.45) is 3.28. The van der Waals surface area contributed by atoms with Crippen LogP contribution in [0.4, 0.5) is 0 Å². The van der Waals surface area contributed by atoms with Crippen molar-refractivity contribution in [2.45, 2.75) is 30.5 Å². The number of methoxy groups -OCH3 is 2. The lowest BCUT2D eigenvalue weighted by Gasteiger charge is -2.64. The molecule has 4 bridgehead atoms. The molecule has 8 aliphatic rings. The predicted molar refractivity (Wildman–Crippen MR) is 70.2 cm³/mol. The topological polar surface area (TPSA) is 65.1 Å². The van der Waals surface area contributed by atoms with Crippen LogP contribution >= 0.6 is 0 Å². The van der Waals surface area contributed by atoms with Crippen LogP contribution < -0.4 is 0 Å². The van der Waals surface area contributed by atoms with E-state index in [0.717, 1.165) is 19.3 Å². The molecule has 1 saturated heterocycles. The Kier molecular flexibility index (Phi) is 1.32. The standard InChI is InChI=1S/C17H18O5/c1-20-12(18)14-8-5-9-15(14,13(19)21-2)11-7-4-3-6(10(11)14)16(8)17(7,9)22-16/h6-11H,3-5H2,1-2H3/t6-,7+,8-,9-,10-,11+,14+,15+,16+,17+/m1/s1. The van der Waals surface area contributed by atoms with Gasteiger partial charge in [-0.1, -0.05) is 0 Å². The van der Waals surface area contributed by atoms with E-state index < -0.39 is 10.8 Å². The van der Waals surface area contributed by atoms with E-state index in [1.165, 1.54) is 14.2 Å². The summed E-state index contributed by atoms with van der Waals surface area (Å²) in [5, 5.41) is 0. The Hall–Kier alpha value is -1.10. The van der Waals surface area contributed by atoms with Crippen LogP contribution in [0.5, 0.6) is 0 Å². The van der Waals surface area contributed by atoms with E-state index in [9.17, 15) is 9.59 Å². The highest BCUT2D eigenvalue weighted by Crippen LogP contribution is 3.05. The molecule has 5 nitrogen and oxygen atoms in total. The minimum atomic E-state index is -0.635. The van der Waals surface area contributed by atoms with E-state index in [1.54, 1.807) is 0 Å². The molecule has 0 radical (unpaired) electrons.